The number of allylic oxidation sites excluding steroid dienone is 2. The number of carbonyl (C=O) groups excluding carboxylic acids is 2. The summed E-state index contributed by atoms with van der Waals surface area (Å²) in [5, 5.41) is 0. The second-order valence-electron chi connectivity index (χ2n) is 6.30. The summed E-state index contributed by atoms with van der Waals surface area (Å²) in [4.78, 5) is 23.6. The highest BCUT2D eigenvalue weighted by Crippen LogP contribution is 2.35. The van der Waals surface area contributed by atoms with Crippen LogP contribution < -0.4 is 0 Å². The molecule has 108 valence electrons. The second kappa shape index (κ2) is 6.37. The van der Waals surface area contributed by atoms with Crippen molar-refractivity contribution in [1.82, 2.24) is 0 Å². The van der Waals surface area contributed by atoms with Crippen molar-refractivity contribution in [2.75, 3.05) is 14.2 Å². The lowest BCUT2D eigenvalue weighted by molar-refractivity contribution is -0.157. The zero-order chi connectivity index (χ0) is 14.6. The first kappa shape index (κ1) is 16.0. The van der Waals surface area contributed by atoms with E-state index in [1.54, 1.807) is 0 Å². The standard InChI is InChI=1S/C14H24O4Si/c1-17-13(15)11-7-6-10(9-19(3,4)5)8-12(11)14(16)18-2/h6,11-12H,7-9H2,1-5H3/t11-,12+/m0/s1. The smallest absolute Gasteiger partial charge is 0.309 e. The van der Waals surface area contributed by atoms with Crippen LogP contribution in [0.5, 0.6) is 0 Å². The number of rotatable bonds is 4. The number of methoxy groups -OCH3 is 2. The van der Waals surface area contributed by atoms with Crippen LogP contribution in [0.15, 0.2) is 11.6 Å². The third-order valence-electron chi connectivity index (χ3n) is 3.39. The van der Waals surface area contributed by atoms with Gasteiger partial charge in [0.2, 0.25) is 0 Å². The van der Waals surface area contributed by atoms with Gasteiger partial charge in [-0.3, -0.25) is 9.59 Å². The van der Waals surface area contributed by atoms with Crippen LogP contribution in [0.3, 0.4) is 0 Å². The molecule has 0 amide bonds. The molecule has 0 saturated heterocycles. The predicted molar refractivity (Wildman–Crippen MR) is 76.5 cm³/mol. The minimum absolute atomic E-state index is 0.309. The Labute approximate surface area is 116 Å². The summed E-state index contributed by atoms with van der Waals surface area (Å²) in [6.45, 7) is 6.90. The Balaban J connectivity index is 2.88. The van der Waals surface area contributed by atoms with Crippen LogP contribution in [-0.2, 0) is 19.1 Å². The molecule has 0 N–H and O–H groups in total. The van der Waals surface area contributed by atoms with Crippen LogP contribution in [0.4, 0.5) is 0 Å². The molecule has 0 bridgehead atoms. The van der Waals surface area contributed by atoms with E-state index in [0.29, 0.717) is 12.8 Å². The largest absolute Gasteiger partial charge is 0.469 e. The summed E-state index contributed by atoms with van der Waals surface area (Å²) in [6.07, 6.45) is 3.31. The van der Waals surface area contributed by atoms with Gasteiger partial charge in [0.05, 0.1) is 26.1 Å². The molecule has 2 atom stereocenters. The van der Waals surface area contributed by atoms with E-state index in [0.717, 1.165) is 6.04 Å². The first-order valence-corrected chi connectivity index (χ1v) is 10.3. The topological polar surface area (TPSA) is 52.6 Å². The van der Waals surface area contributed by atoms with Gasteiger partial charge >= 0.3 is 11.9 Å². The molecule has 0 fully saturated rings. The van der Waals surface area contributed by atoms with Gasteiger partial charge < -0.3 is 9.47 Å². The highest BCUT2D eigenvalue weighted by atomic mass is 28.3. The Hall–Kier alpha value is -1.10. The van der Waals surface area contributed by atoms with Crippen molar-refractivity contribution in [2.24, 2.45) is 11.8 Å². The van der Waals surface area contributed by atoms with Gasteiger partial charge in [0.1, 0.15) is 0 Å². The molecule has 4 nitrogen and oxygen atoms in total. The molecule has 0 spiro atoms. The third kappa shape index (κ3) is 4.49. The molecular weight excluding hydrogens is 260 g/mol. The van der Waals surface area contributed by atoms with Crippen molar-refractivity contribution in [1.29, 1.82) is 0 Å². The SMILES string of the molecule is COC(=O)[C@H]1CC=C(C[Si](C)(C)C)C[C@H]1C(=O)OC. The fourth-order valence-corrected chi connectivity index (χ4v) is 4.25. The zero-order valence-corrected chi connectivity index (χ0v) is 13.5. The van der Waals surface area contributed by atoms with Crippen molar-refractivity contribution >= 4 is 20.0 Å². The van der Waals surface area contributed by atoms with Gasteiger partial charge in [0.25, 0.3) is 0 Å². The van der Waals surface area contributed by atoms with Gasteiger partial charge in [0, 0.05) is 8.07 Å². The lowest BCUT2D eigenvalue weighted by Gasteiger charge is -2.29. The normalized spacial score (nSPS) is 23.5. The van der Waals surface area contributed by atoms with Gasteiger partial charge in [-0.05, 0) is 18.9 Å². The molecule has 0 aromatic heterocycles. The maximum Gasteiger partial charge on any atom is 0.309 e. The maximum absolute atomic E-state index is 11.9. The van der Waals surface area contributed by atoms with Crippen LogP contribution >= 0.6 is 0 Å². The molecule has 0 heterocycles. The molecule has 1 aliphatic rings. The summed E-state index contributed by atoms with van der Waals surface area (Å²) in [5.41, 5.74) is 1.29. The van der Waals surface area contributed by atoms with E-state index in [9.17, 15) is 9.59 Å². The van der Waals surface area contributed by atoms with Gasteiger partial charge in [-0.15, -0.1) is 0 Å². The average molecular weight is 284 g/mol. The summed E-state index contributed by atoms with van der Waals surface area (Å²) < 4.78 is 9.61. The number of esters is 2. The van der Waals surface area contributed by atoms with E-state index in [1.165, 1.54) is 19.8 Å². The fourth-order valence-electron chi connectivity index (χ4n) is 2.60. The molecule has 0 unspecified atom stereocenters. The third-order valence-corrected chi connectivity index (χ3v) is 4.91. The van der Waals surface area contributed by atoms with E-state index >= 15 is 0 Å². The molecular formula is C14H24O4Si. The van der Waals surface area contributed by atoms with Crippen LogP contribution in [0.2, 0.25) is 25.7 Å². The lowest BCUT2D eigenvalue weighted by atomic mass is 9.80. The van der Waals surface area contributed by atoms with E-state index in [1.807, 2.05) is 0 Å². The first-order chi connectivity index (χ1) is 8.78. The molecule has 0 aromatic rings. The van der Waals surface area contributed by atoms with Gasteiger partial charge in [0.15, 0.2) is 0 Å². The summed E-state index contributed by atoms with van der Waals surface area (Å²) in [5.74, 6) is -1.42. The number of carbonyl (C=O) groups is 2. The van der Waals surface area contributed by atoms with Gasteiger partial charge in [-0.2, -0.15) is 0 Å². The van der Waals surface area contributed by atoms with Crippen molar-refractivity contribution in [3.63, 3.8) is 0 Å². The predicted octanol–water partition coefficient (Wildman–Crippen LogP) is 2.62. The molecule has 1 rings (SSSR count). The highest BCUT2D eigenvalue weighted by molar-refractivity contribution is 6.76. The Bertz CT molecular complexity index is 381. The minimum atomic E-state index is -1.21. The fraction of sp³-hybridized carbons (Fsp3) is 0.714. The van der Waals surface area contributed by atoms with Gasteiger partial charge in [-0.25, -0.2) is 0 Å². The zero-order valence-electron chi connectivity index (χ0n) is 12.5. The molecule has 0 aromatic carbocycles. The first-order valence-electron chi connectivity index (χ1n) is 6.62. The van der Waals surface area contributed by atoms with Gasteiger partial charge in [-0.1, -0.05) is 31.3 Å². The summed E-state index contributed by atoms with van der Waals surface area (Å²) in [6, 6.07) is 1.06. The molecule has 1 aliphatic carbocycles. The van der Waals surface area contributed by atoms with E-state index in [-0.39, 0.29) is 11.9 Å². The highest BCUT2D eigenvalue weighted by Gasteiger charge is 2.38. The maximum atomic E-state index is 11.9. The van der Waals surface area contributed by atoms with Crippen LogP contribution in [-0.4, -0.2) is 34.2 Å². The van der Waals surface area contributed by atoms with E-state index in [4.69, 9.17) is 9.47 Å². The number of ether oxygens (including phenoxy) is 2. The van der Waals surface area contributed by atoms with Crippen molar-refractivity contribution in [2.45, 2.75) is 38.5 Å². The Morgan fingerprint density at radius 2 is 1.68 bits per heavy atom. The van der Waals surface area contributed by atoms with Crippen LogP contribution in [0.1, 0.15) is 12.8 Å². The van der Waals surface area contributed by atoms with Crippen LogP contribution in [0.25, 0.3) is 0 Å². The molecule has 19 heavy (non-hydrogen) atoms. The second-order valence-corrected chi connectivity index (χ2v) is 11.8. The monoisotopic (exact) mass is 284 g/mol. The van der Waals surface area contributed by atoms with Crippen molar-refractivity contribution in [3.05, 3.63) is 11.6 Å². The number of hydrogen-bond donors (Lipinski definition) is 0. The molecule has 0 radical (unpaired) electrons. The number of hydrogen-bond acceptors (Lipinski definition) is 4. The van der Waals surface area contributed by atoms with Crippen molar-refractivity contribution in [3.8, 4) is 0 Å². The minimum Gasteiger partial charge on any atom is -0.469 e. The average Bonchev–Trinajstić information content (AvgIpc) is 2.35. The van der Waals surface area contributed by atoms with E-state index < -0.39 is 19.9 Å². The Kier molecular flexibility index (Phi) is 5.35. The molecule has 0 aliphatic heterocycles. The Morgan fingerprint density at radius 1 is 1.16 bits per heavy atom. The lowest BCUT2D eigenvalue weighted by Crippen LogP contribution is -2.35. The quantitative estimate of drug-likeness (QED) is 0.452. The van der Waals surface area contributed by atoms with Crippen molar-refractivity contribution < 1.29 is 19.1 Å². The molecule has 0 saturated carbocycles. The summed E-state index contributed by atoms with van der Waals surface area (Å²) in [7, 11) is 1.51. The summed E-state index contributed by atoms with van der Waals surface area (Å²) >= 11 is 0. The molecule has 5 heteroatoms. The Morgan fingerprint density at radius 3 is 2.16 bits per heavy atom. The van der Waals surface area contributed by atoms with E-state index in [2.05, 4.69) is 25.7 Å². The van der Waals surface area contributed by atoms with Crippen LogP contribution in [0, 0.1) is 11.8 Å².